The summed E-state index contributed by atoms with van der Waals surface area (Å²) in [5.74, 6) is -2.43. The van der Waals surface area contributed by atoms with Crippen molar-refractivity contribution in [1.29, 1.82) is 0 Å². The number of hydrogen-bond donors (Lipinski definition) is 0. The maximum atomic E-state index is 15.9. The quantitative estimate of drug-likeness (QED) is 0.517. The van der Waals surface area contributed by atoms with E-state index in [1.807, 2.05) is 0 Å². The number of hydrogen-bond acceptors (Lipinski definition) is 5. The van der Waals surface area contributed by atoms with Crippen LogP contribution < -0.4 is 10.3 Å². The van der Waals surface area contributed by atoms with E-state index in [0.29, 0.717) is 25.2 Å². The first-order chi connectivity index (χ1) is 14.9. The summed E-state index contributed by atoms with van der Waals surface area (Å²) in [6.45, 7) is 4.82. The summed E-state index contributed by atoms with van der Waals surface area (Å²) in [6, 6.07) is 0.981. The van der Waals surface area contributed by atoms with Crippen molar-refractivity contribution in [2.75, 3.05) is 37.7 Å². The molecule has 0 atom stereocenters. The molecule has 0 N–H and O–H groups in total. The van der Waals surface area contributed by atoms with Crippen LogP contribution in [0.5, 0.6) is 0 Å². The van der Waals surface area contributed by atoms with Crippen molar-refractivity contribution in [3.63, 3.8) is 0 Å². The molecule has 0 spiro atoms. The number of piperazine rings is 1. The van der Waals surface area contributed by atoms with Gasteiger partial charge in [-0.1, -0.05) is 6.92 Å². The van der Waals surface area contributed by atoms with Crippen LogP contribution in [0.3, 0.4) is 0 Å². The highest BCUT2D eigenvalue weighted by molar-refractivity contribution is 5.96. The molecule has 0 bridgehead atoms. The molecule has 7 nitrogen and oxygen atoms in total. The zero-order chi connectivity index (χ0) is 22.3. The zero-order valence-electron chi connectivity index (χ0n) is 17.6. The first-order valence-corrected chi connectivity index (χ1v) is 10.6. The summed E-state index contributed by atoms with van der Waals surface area (Å²) in [5.41, 5.74) is -0.600. The van der Waals surface area contributed by atoms with Crippen LogP contribution in [0.2, 0.25) is 0 Å². The number of ether oxygens (including phenoxy) is 1. The molecule has 1 aliphatic carbocycles. The van der Waals surface area contributed by atoms with Gasteiger partial charge >= 0.3 is 5.97 Å². The number of halogens is 2. The highest BCUT2D eigenvalue weighted by Gasteiger charge is 2.34. The van der Waals surface area contributed by atoms with Crippen molar-refractivity contribution in [3.05, 3.63) is 39.2 Å². The fourth-order valence-corrected chi connectivity index (χ4v) is 4.37. The topological polar surface area (TPSA) is 71.8 Å². The van der Waals surface area contributed by atoms with Crippen molar-refractivity contribution in [2.24, 2.45) is 0 Å². The molecule has 166 valence electrons. The molecule has 1 saturated carbocycles. The Bertz CT molecular complexity index is 1100. The van der Waals surface area contributed by atoms with Crippen LogP contribution in [0.25, 0.3) is 10.9 Å². The van der Waals surface area contributed by atoms with Gasteiger partial charge in [0.25, 0.3) is 0 Å². The molecule has 2 fully saturated rings. The number of fused-ring (bicyclic) bond motifs is 1. The molecule has 2 aromatic rings. The van der Waals surface area contributed by atoms with Gasteiger partial charge in [-0.25, -0.2) is 13.6 Å². The number of pyridine rings is 1. The first kappa shape index (κ1) is 21.3. The van der Waals surface area contributed by atoms with Crippen LogP contribution in [-0.4, -0.2) is 54.6 Å². The van der Waals surface area contributed by atoms with Crippen molar-refractivity contribution in [3.8, 4) is 0 Å². The van der Waals surface area contributed by atoms with Crippen LogP contribution >= 0.6 is 0 Å². The predicted octanol–water partition coefficient (Wildman–Crippen LogP) is 2.63. The second kappa shape index (κ2) is 8.28. The van der Waals surface area contributed by atoms with E-state index in [0.717, 1.165) is 25.3 Å². The average Bonchev–Trinajstić information content (AvgIpc) is 3.59. The number of anilines is 1. The molecular weight excluding hydrogens is 408 g/mol. The van der Waals surface area contributed by atoms with E-state index >= 15 is 8.78 Å². The molecule has 2 aliphatic rings. The van der Waals surface area contributed by atoms with Gasteiger partial charge in [-0.15, -0.1) is 0 Å². The Hall–Kier alpha value is -2.97. The minimum absolute atomic E-state index is 0.0339. The van der Waals surface area contributed by atoms with Gasteiger partial charge in [0.15, 0.2) is 5.82 Å². The third-order valence-corrected chi connectivity index (χ3v) is 5.97. The van der Waals surface area contributed by atoms with E-state index in [9.17, 15) is 14.4 Å². The maximum Gasteiger partial charge on any atom is 0.343 e. The van der Waals surface area contributed by atoms with E-state index in [4.69, 9.17) is 4.74 Å². The lowest BCUT2D eigenvalue weighted by molar-refractivity contribution is -0.118. The summed E-state index contributed by atoms with van der Waals surface area (Å²) in [6.07, 6.45) is 2.63. The lowest BCUT2D eigenvalue weighted by Gasteiger charge is -2.34. The van der Waals surface area contributed by atoms with Crippen LogP contribution in [-0.2, 0) is 16.0 Å². The number of aromatic nitrogens is 1. The van der Waals surface area contributed by atoms with E-state index in [2.05, 4.69) is 0 Å². The minimum atomic E-state index is -0.858. The summed E-state index contributed by atoms with van der Waals surface area (Å²) in [5, 5.41) is -0.155. The Morgan fingerprint density at radius 3 is 2.42 bits per heavy atom. The Morgan fingerprint density at radius 2 is 1.87 bits per heavy atom. The monoisotopic (exact) mass is 433 g/mol. The standard InChI is InChI=1S/C22H25F2N3O4/c1-3-16-17(22(30)31-4-2)21(29)14-11-15(23)20(26-9-7-25(12-28)8-10-26)18(24)19(14)27(16)13-5-6-13/h11-13H,3-10H2,1-2H3. The normalized spacial score (nSPS) is 16.6. The molecule has 2 heterocycles. The van der Waals surface area contributed by atoms with Crippen LogP contribution in [0.15, 0.2) is 10.9 Å². The molecule has 1 aromatic heterocycles. The van der Waals surface area contributed by atoms with E-state index < -0.39 is 23.0 Å². The van der Waals surface area contributed by atoms with Gasteiger partial charge in [-0.3, -0.25) is 9.59 Å². The number of carbonyl (C=O) groups excluding carboxylic acids is 2. The van der Waals surface area contributed by atoms with Crippen LogP contribution in [0, 0.1) is 11.6 Å². The van der Waals surface area contributed by atoms with E-state index in [1.54, 1.807) is 28.2 Å². The number of benzene rings is 1. The predicted molar refractivity (Wildman–Crippen MR) is 112 cm³/mol. The van der Waals surface area contributed by atoms with Gasteiger partial charge in [0.2, 0.25) is 11.8 Å². The Labute approximate surface area is 178 Å². The molecule has 9 heteroatoms. The summed E-state index contributed by atoms with van der Waals surface area (Å²) in [4.78, 5) is 39.8. The van der Waals surface area contributed by atoms with Gasteiger partial charge in [0.1, 0.15) is 17.1 Å². The smallest absolute Gasteiger partial charge is 0.343 e. The van der Waals surface area contributed by atoms with Crippen LogP contribution in [0.1, 0.15) is 48.8 Å². The van der Waals surface area contributed by atoms with Gasteiger partial charge in [-0.2, -0.15) is 0 Å². The number of nitrogens with zero attached hydrogens (tertiary/aromatic N) is 3. The Kier molecular flexibility index (Phi) is 5.68. The number of esters is 1. The second-order valence-corrected chi connectivity index (χ2v) is 7.87. The first-order valence-electron chi connectivity index (χ1n) is 10.6. The van der Waals surface area contributed by atoms with Gasteiger partial charge in [-0.05, 0) is 32.3 Å². The van der Waals surface area contributed by atoms with Gasteiger partial charge in [0.05, 0.1) is 17.5 Å². The SMILES string of the molecule is CCOC(=O)c1c(CC)n(C2CC2)c2c(F)c(N3CCN(C=O)CC3)c(F)cc2c1=O. The van der Waals surface area contributed by atoms with Crippen molar-refractivity contribution < 1.29 is 23.1 Å². The largest absolute Gasteiger partial charge is 0.462 e. The van der Waals surface area contributed by atoms with Gasteiger partial charge < -0.3 is 19.1 Å². The summed E-state index contributed by atoms with van der Waals surface area (Å²) < 4.78 is 37.8. The van der Waals surface area contributed by atoms with E-state index in [-0.39, 0.29) is 47.9 Å². The minimum Gasteiger partial charge on any atom is -0.462 e. The maximum absolute atomic E-state index is 15.9. The highest BCUT2D eigenvalue weighted by Crippen LogP contribution is 2.41. The average molecular weight is 433 g/mol. The Balaban J connectivity index is 1.97. The van der Waals surface area contributed by atoms with Crippen molar-refractivity contribution >= 4 is 29.0 Å². The van der Waals surface area contributed by atoms with Crippen molar-refractivity contribution in [1.82, 2.24) is 9.47 Å². The molecule has 4 rings (SSSR count). The molecule has 31 heavy (non-hydrogen) atoms. The molecule has 1 aliphatic heterocycles. The van der Waals surface area contributed by atoms with E-state index in [1.165, 1.54) is 0 Å². The third kappa shape index (κ3) is 3.55. The highest BCUT2D eigenvalue weighted by atomic mass is 19.1. The summed E-state index contributed by atoms with van der Waals surface area (Å²) in [7, 11) is 0. The number of carbonyl (C=O) groups is 2. The Morgan fingerprint density at radius 1 is 1.19 bits per heavy atom. The fourth-order valence-electron chi connectivity index (χ4n) is 4.37. The molecule has 0 unspecified atom stereocenters. The fraction of sp³-hybridized carbons (Fsp3) is 0.500. The molecule has 0 radical (unpaired) electrons. The lowest BCUT2D eigenvalue weighted by atomic mass is 10.0. The van der Waals surface area contributed by atoms with Crippen LogP contribution in [0.4, 0.5) is 14.5 Å². The van der Waals surface area contributed by atoms with Gasteiger partial charge in [0, 0.05) is 37.9 Å². The number of rotatable bonds is 6. The van der Waals surface area contributed by atoms with Crippen molar-refractivity contribution in [2.45, 2.75) is 39.2 Å². The third-order valence-electron chi connectivity index (χ3n) is 5.97. The molecule has 1 saturated heterocycles. The second-order valence-electron chi connectivity index (χ2n) is 7.87. The summed E-state index contributed by atoms with van der Waals surface area (Å²) >= 11 is 0. The molecule has 1 aromatic carbocycles. The molecular formula is C22H25F2N3O4. The number of amides is 1. The lowest BCUT2D eigenvalue weighted by Crippen LogP contribution is -2.46. The molecule has 1 amide bonds. The zero-order valence-corrected chi connectivity index (χ0v) is 17.6.